The summed E-state index contributed by atoms with van der Waals surface area (Å²) >= 11 is 0. The Hall–Kier alpha value is -1.25. The molecular formula is C15H25N3. The molecule has 0 aliphatic heterocycles. The van der Waals surface area contributed by atoms with Crippen molar-refractivity contribution in [3.63, 3.8) is 0 Å². The van der Waals surface area contributed by atoms with Crippen LogP contribution < -0.4 is 10.2 Å². The van der Waals surface area contributed by atoms with Crippen molar-refractivity contribution in [3.8, 4) is 0 Å². The van der Waals surface area contributed by atoms with Gasteiger partial charge in [-0.05, 0) is 36.8 Å². The quantitative estimate of drug-likeness (QED) is 0.884. The average Bonchev–Trinajstić information content (AvgIpc) is 2.37. The van der Waals surface area contributed by atoms with E-state index in [1.807, 2.05) is 25.2 Å². The summed E-state index contributed by atoms with van der Waals surface area (Å²) in [4.78, 5) is 6.44. The third-order valence-corrected chi connectivity index (χ3v) is 3.85. The van der Waals surface area contributed by atoms with E-state index in [1.165, 1.54) is 25.7 Å². The Morgan fingerprint density at radius 1 is 1.33 bits per heavy atom. The highest BCUT2D eigenvalue weighted by Gasteiger charge is 2.18. The van der Waals surface area contributed by atoms with Crippen LogP contribution in [-0.2, 0) is 0 Å². The first-order valence-electron chi connectivity index (χ1n) is 7.02. The molecule has 0 bridgehead atoms. The number of pyridine rings is 1. The summed E-state index contributed by atoms with van der Waals surface area (Å²) in [7, 11) is 4.03. The third kappa shape index (κ3) is 3.62. The number of nitrogens with one attached hydrogen (secondary N) is 1. The number of hydrogen-bond donors (Lipinski definition) is 1. The van der Waals surface area contributed by atoms with Gasteiger partial charge in [0.25, 0.3) is 0 Å². The normalized spacial score (nSPS) is 23.7. The molecule has 3 nitrogen and oxygen atoms in total. The van der Waals surface area contributed by atoms with E-state index in [-0.39, 0.29) is 0 Å². The lowest BCUT2D eigenvalue weighted by Crippen LogP contribution is -2.21. The first kappa shape index (κ1) is 13.2. The van der Waals surface area contributed by atoms with Gasteiger partial charge >= 0.3 is 0 Å². The second-order valence-corrected chi connectivity index (χ2v) is 5.82. The largest absolute Gasteiger partial charge is 0.384 e. The molecule has 1 saturated carbocycles. The summed E-state index contributed by atoms with van der Waals surface area (Å²) in [5.41, 5.74) is 1.14. The molecule has 1 N–H and O–H groups in total. The van der Waals surface area contributed by atoms with Crippen molar-refractivity contribution in [2.45, 2.75) is 32.6 Å². The molecule has 1 aliphatic rings. The van der Waals surface area contributed by atoms with Gasteiger partial charge in [0.2, 0.25) is 0 Å². The molecule has 1 aliphatic carbocycles. The van der Waals surface area contributed by atoms with Crippen LogP contribution in [0.2, 0.25) is 0 Å². The number of hydrogen-bond acceptors (Lipinski definition) is 3. The molecule has 18 heavy (non-hydrogen) atoms. The van der Waals surface area contributed by atoms with Crippen LogP contribution in [0.1, 0.15) is 32.6 Å². The second kappa shape index (κ2) is 6.07. The van der Waals surface area contributed by atoms with Crippen molar-refractivity contribution in [3.05, 3.63) is 18.3 Å². The average molecular weight is 247 g/mol. The summed E-state index contributed by atoms with van der Waals surface area (Å²) in [6, 6.07) is 4.18. The molecule has 2 unspecified atom stereocenters. The van der Waals surface area contributed by atoms with Crippen LogP contribution >= 0.6 is 0 Å². The standard InChI is InChI=1S/C15H25N3/c1-12-5-4-6-13(9-12)10-16-14-7-8-15(17-11-14)18(2)3/h7-8,11-13,16H,4-6,9-10H2,1-3H3. The number of nitrogens with zero attached hydrogens (tertiary/aromatic N) is 2. The van der Waals surface area contributed by atoms with Crippen molar-refractivity contribution >= 4 is 11.5 Å². The summed E-state index contributed by atoms with van der Waals surface area (Å²) in [5.74, 6) is 2.74. The molecule has 0 radical (unpaired) electrons. The van der Waals surface area contributed by atoms with Crippen molar-refractivity contribution in [2.24, 2.45) is 11.8 Å². The first-order valence-corrected chi connectivity index (χ1v) is 7.02. The van der Waals surface area contributed by atoms with Crippen LogP contribution in [0.4, 0.5) is 11.5 Å². The zero-order valence-corrected chi connectivity index (χ0v) is 11.8. The minimum absolute atomic E-state index is 0.835. The molecule has 0 spiro atoms. The van der Waals surface area contributed by atoms with E-state index in [2.05, 4.69) is 29.4 Å². The molecular weight excluding hydrogens is 222 g/mol. The molecule has 1 fully saturated rings. The fourth-order valence-electron chi connectivity index (χ4n) is 2.76. The van der Waals surface area contributed by atoms with Crippen LogP contribution in [-0.4, -0.2) is 25.6 Å². The molecule has 1 aromatic rings. The van der Waals surface area contributed by atoms with Crippen LogP contribution in [0.3, 0.4) is 0 Å². The van der Waals surface area contributed by atoms with Gasteiger partial charge in [-0.2, -0.15) is 0 Å². The van der Waals surface area contributed by atoms with Gasteiger partial charge in [0, 0.05) is 20.6 Å². The lowest BCUT2D eigenvalue weighted by Gasteiger charge is -2.27. The minimum Gasteiger partial charge on any atom is -0.384 e. The summed E-state index contributed by atoms with van der Waals surface area (Å²) in [5, 5.41) is 3.52. The monoisotopic (exact) mass is 247 g/mol. The van der Waals surface area contributed by atoms with Gasteiger partial charge in [0.15, 0.2) is 0 Å². The molecule has 1 aromatic heterocycles. The SMILES string of the molecule is CC1CCCC(CNc2ccc(N(C)C)nc2)C1. The Morgan fingerprint density at radius 2 is 2.17 bits per heavy atom. The maximum absolute atomic E-state index is 4.42. The van der Waals surface area contributed by atoms with E-state index < -0.39 is 0 Å². The van der Waals surface area contributed by atoms with E-state index >= 15 is 0 Å². The van der Waals surface area contributed by atoms with E-state index in [4.69, 9.17) is 0 Å². The molecule has 0 amide bonds. The predicted octanol–water partition coefficient (Wildman–Crippen LogP) is 3.39. The van der Waals surface area contributed by atoms with E-state index in [9.17, 15) is 0 Å². The van der Waals surface area contributed by atoms with E-state index in [1.54, 1.807) is 0 Å². The topological polar surface area (TPSA) is 28.2 Å². The number of anilines is 2. The highest BCUT2D eigenvalue weighted by molar-refractivity contribution is 5.47. The van der Waals surface area contributed by atoms with Crippen LogP contribution in [0, 0.1) is 11.8 Å². The van der Waals surface area contributed by atoms with Crippen molar-refractivity contribution in [1.82, 2.24) is 4.98 Å². The highest BCUT2D eigenvalue weighted by Crippen LogP contribution is 2.28. The Balaban J connectivity index is 1.82. The molecule has 0 aromatic carbocycles. The van der Waals surface area contributed by atoms with E-state index in [0.29, 0.717) is 0 Å². The Bertz CT molecular complexity index is 359. The second-order valence-electron chi connectivity index (χ2n) is 5.82. The predicted molar refractivity (Wildman–Crippen MR) is 78.2 cm³/mol. The lowest BCUT2D eigenvalue weighted by molar-refractivity contribution is 0.293. The van der Waals surface area contributed by atoms with Crippen LogP contribution in [0.5, 0.6) is 0 Å². The van der Waals surface area contributed by atoms with Crippen LogP contribution in [0.15, 0.2) is 18.3 Å². The molecule has 0 saturated heterocycles. The van der Waals surface area contributed by atoms with Gasteiger partial charge in [-0.1, -0.05) is 19.8 Å². The summed E-state index contributed by atoms with van der Waals surface area (Å²) < 4.78 is 0. The Morgan fingerprint density at radius 3 is 2.78 bits per heavy atom. The molecule has 2 atom stereocenters. The highest BCUT2D eigenvalue weighted by atomic mass is 15.1. The summed E-state index contributed by atoms with van der Waals surface area (Å²) in [6.45, 7) is 3.47. The smallest absolute Gasteiger partial charge is 0.128 e. The molecule has 1 heterocycles. The third-order valence-electron chi connectivity index (χ3n) is 3.85. The summed E-state index contributed by atoms with van der Waals surface area (Å²) in [6.07, 6.45) is 7.49. The zero-order chi connectivity index (χ0) is 13.0. The van der Waals surface area contributed by atoms with Gasteiger partial charge in [-0.3, -0.25) is 0 Å². The van der Waals surface area contributed by atoms with Gasteiger partial charge < -0.3 is 10.2 Å². The number of aromatic nitrogens is 1. The number of rotatable bonds is 4. The maximum atomic E-state index is 4.42. The van der Waals surface area contributed by atoms with Crippen molar-refractivity contribution in [1.29, 1.82) is 0 Å². The fraction of sp³-hybridized carbons (Fsp3) is 0.667. The molecule has 3 heteroatoms. The Labute approximate surface area is 111 Å². The molecule has 2 rings (SSSR count). The van der Waals surface area contributed by atoms with Gasteiger partial charge in [-0.25, -0.2) is 4.98 Å². The zero-order valence-electron chi connectivity index (χ0n) is 11.8. The van der Waals surface area contributed by atoms with Gasteiger partial charge in [0.1, 0.15) is 5.82 Å². The fourth-order valence-corrected chi connectivity index (χ4v) is 2.76. The maximum Gasteiger partial charge on any atom is 0.128 e. The van der Waals surface area contributed by atoms with Crippen molar-refractivity contribution in [2.75, 3.05) is 30.9 Å². The Kier molecular flexibility index (Phi) is 4.45. The minimum atomic E-state index is 0.835. The molecule has 100 valence electrons. The lowest BCUT2D eigenvalue weighted by atomic mass is 9.82. The van der Waals surface area contributed by atoms with Crippen LogP contribution in [0.25, 0.3) is 0 Å². The van der Waals surface area contributed by atoms with Crippen molar-refractivity contribution < 1.29 is 0 Å². The van der Waals surface area contributed by atoms with Gasteiger partial charge in [-0.15, -0.1) is 0 Å². The van der Waals surface area contributed by atoms with E-state index in [0.717, 1.165) is 29.9 Å². The first-order chi connectivity index (χ1) is 8.65. The van der Waals surface area contributed by atoms with Gasteiger partial charge in [0.05, 0.1) is 11.9 Å².